The number of hydrogen-bond donors (Lipinski definition) is 2. The van der Waals surface area contributed by atoms with Crippen molar-refractivity contribution in [2.75, 3.05) is 18.4 Å². The quantitative estimate of drug-likeness (QED) is 0.350. The number of nitrogens with one attached hydrogen (secondary N) is 1. The summed E-state index contributed by atoms with van der Waals surface area (Å²) in [6.07, 6.45) is -0.487. The maximum absolute atomic E-state index is 13.7. The minimum atomic E-state index is -4.66. The van der Waals surface area contributed by atoms with E-state index in [1.165, 1.54) is 12.5 Å². The molecule has 0 saturated carbocycles. The molecule has 0 atom stereocenters. The van der Waals surface area contributed by atoms with E-state index in [1.807, 2.05) is 45.0 Å². The van der Waals surface area contributed by atoms with E-state index in [0.29, 0.717) is 30.0 Å². The number of carbonyl (C=O) groups is 2. The molecule has 1 aliphatic rings. The molecule has 14 heteroatoms. The third-order valence-electron chi connectivity index (χ3n) is 6.78. The number of carbonyl (C=O) groups excluding carboxylic acids is 1. The van der Waals surface area contributed by atoms with Crippen LogP contribution in [0.2, 0.25) is 0 Å². The fourth-order valence-corrected chi connectivity index (χ4v) is 4.75. The second kappa shape index (κ2) is 14.2. The van der Waals surface area contributed by atoms with Gasteiger partial charge in [-0.1, -0.05) is 12.1 Å². The number of alkyl halides is 3. The molecule has 0 aliphatic carbocycles. The number of anilines is 2. The van der Waals surface area contributed by atoms with Crippen LogP contribution >= 0.6 is 0 Å². The number of aromatic nitrogens is 4. The summed E-state index contributed by atoms with van der Waals surface area (Å²) < 4.78 is 46.6. The van der Waals surface area contributed by atoms with Crippen molar-refractivity contribution in [1.29, 1.82) is 0 Å². The molecule has 1 saturated heterocycles. The minimum absolute atomic E-state index is 0. The van der Waals surface area contributed by atoms with Crippen LogP contribution in [0.5, 0.6) is 0 Å². The predicted molar refractivity (Wildman–Crippen MR) is 154 cm³/mol. The van der Waals surface area contributed by atoms with Gasteiger partial charge in [-0.25, -0.2) is 24.7 Å². The molecule has 3 aromatic rings. The summed E-state index contributed by atoms with van der Waals surface area (Å²) >= 11 is 0. The molecule has 1 amide bonds. The van der Waals surface area contributed by atoms with Crippen LogP contribution in [0.1, 0.15) is 67.6 Å². The second-order valence-electron chi connectivity index (χ2n) is 11.1. The van der Waals surface area contributed by atoms with Gasteiger partial charge in [0.2, 0.25) is 5.95 Å². The Morgan fingerprint density at radius 1 is 1.02 bits per heavy atom. The van der Waals surface area contributed by atoms with Gasteiger partial charge in [0.1, 0.15) is 11.9 Å². The van der Waals surface area contributed by atoms with Crippen molar-refractivity contribution >= 4 is 42.6 Å². The van der Waals surface area contributed by atoms with Crippen LogP contribution in [0.15, 0.2) is 43.0 Å². The molecule has 0 spiro atoms. The fourth-order valence-electron chi connectivity index (χ4n) is 4.75. The topological polar surface area (TPSA) is 130 Å². The van der Waals surface area contributed by atoms with Crippen molar-refractivity contribution in [3.63, 3.8) is 0 Å². The number of carboxylic acids is 1. The van der Waals surface area contributed by atoms with Gasteiger partial charge in [-0.3, -0.25) is 4.79 Å². The van der Waals surface area contributed by atoms with E-state index in [1.54, 1.807) is 4.90 Å². The summed E-state index contributed by atoms with van der Waals surface area (Å²) in [5.74, 6) is -0.822. The fraction of sp³-hybridized carbons (Fsp3) is 0.448. The van der Waals surface area contributed by atoms with Crippen molar-refractivity contribution < 1.29 is 32.6 Å². The van der Waals surface area contributed by atoms with Gasteiger partial charge < -0.3 is 20.1 Å². The van der Waals surface area contributed by atoms with Crippen molar-refractivity contribution in [2.24, 2.45) is 0 Å². The van der Waals surface area contributed by atoms with Crippen molar-refractivity contribution in [1.82, 2.24) is 24.8 Å². The first-order valence-corrected chi connectivity index (χ1v) is 13.6. The zero-order chi connectivity index (χ0) is 30.5. The SMILES string of the molecule is CC(C)(C)OC(=O)N1CCC(c2ccc(Nc3ncc(C(F)(F)F)c(CCc4ncncc4CC(=O)O)n3)cc2)CC1.[LiH]. The third-order valence-corrected chi connectivity index (χ3v) is 6.78. The number of carboxylic acid groups (broad SMARTS) is 1. The molecule has 2 aromatic heterocycles. The third kappa shape index (κ3) is 9.66. The van der Waals surface area contributed by atoms with E-state index in [2.05, 4.69) is 25.3 Å². The van der Waals surface area contributed by atoms with Gasteiger partial charge in [-0.05, 0) is 70.1 Å². The first-order valence-electron chi connectivity index (χ1n) is 13.6. The van der Waals surface area contributed by atoms with Gasteiger partial charge in [0.15, 0.2) is 0 Å². The van der Waals surface area contributed by atoms with Crippen LogP contribution < -0.4 is 5.32 Å². The van der Waals surface area contributed by atoms with Crippen molar-refractivity contribution in [2.45, 2.75) is 70.6 Å². The van der Waals surface area contributed by atoms with Crippen LogP contribution in [-0.4, -0.2) is 79.6 Å². The Morgan fingerprint density at radius 2 is 1.67 bits per heavy atom. The number of likely N-dealkylation sites (tertiary alicyclic amines) is 1. The molecule has 1 aromatic carbocycles. The first-order chi connectivity index (χ1) is 19.8. The molecule has 4 rings (SSSR count). The normalized spacial score (nSPS) is 14.1. The monoisotopic (exact) mass is 594 g/mol. The van der Waals surface area contributed by atoms with Crippen LogP contribution in [0.3, 0.4) is 0 Å². The van der Waals surface area contributed by atoms with Crippen LogP contribution in [0, 0.1) is 0 Å². The molecule has 2 N–H and O–H groups in total. The molecule has 0 radical (unpaired) electrons. The number of piperidine rings is 1. The number of hydrogen-bond acceptors (Lipinski definition) is 8. The molecule has 1 fully saturated rings. The number of halogens is 3. The predicted octanol–water partition coefficient (Wildman–Crippen LogP) is 4.91. The Labute approximate surface area is 259 Å². The van der Waals surface area contributed by atoms with Gasteiger partial charge in [0.05, 0.1) is 17.7 Å². The molecule has 226 valence electrons. The van der Waals surface area contributed by atoms with E-state index < -0.39 is 23.3 Å². The summed E-state index contributed by atoms with van der Waals surface area (Å²) in [5, 5.41) is 12.1. The Balaban J connectivity index is 0.00000506. The summed E-state index contributed by atoms with van der Waals surface area (Å²) in [4.78, 5) is 41.1. The van der Waals surface area contributed by atoms with Gasteiger partial charge in [-0.15, -0.1) is 0 Å². The summed E-state index contributed by atoms with van der Waals surface area (Å²) in [6.45, 7) is 6.69. The van der Waals surface area contributed by atoms with Gasteiger partial charge in [0.25, 0.3) is 0 Å². The molecule has 3 heterocycles. The van der Waals surface area contributed by atoms with Crippen LogP contribution in [0.4, 0.5) is 29.6 Å². The molecular formula is C29H34F3LiN6O4. The van der Waals surface area contributed by atoms with E-state index in [-0.39, 0.29) is 61.8 Å². The molecule has 1 aliphatic heterocycles. The van der Waals surface area contributed by atoms with E-state index in [4.69, 9.17) is 9.84 Å². The number of aliphatic carboxylic acids is 1. The maximum atomic E-state index is 13.7. The van der Waals surface area contributed by atoms with Crippen LogP contribution in [-0.2, 0) is 35.0 Å². The standard InChI is InChI=1S/C29H33F3N6O4.Li.H/c1-28(2,3)42-27(41)38-12-10-19(11-13-38)18-4-6-21(7-5-18)36-26-34-16-22(29(30,31)32)24(37-26)9-8-23-20(14-25(39)40)15-33-17-35-23;;/h4-7,15-17,19H,8-14H2,1-3H3,(H,39,40)(H,34,36,37);;. The Hall–Kier alpha value is -3.69. The molecule has 43 heavy (non-hydrogen) atoms. The van der Waals surface area contributed by atoms with Gasteiger partial charge >= 0.3 is 37.1 Å². The number of amides is 1. The summed E-state index contributed by atoms with van der Waals surface area (Å²) in [5.41, 5.74) is 0.651. The number of ether oxygens (including phenoxy) is 1. The average molecular weight is 595 g/mol. The second-order valence-corrected chi connectivity index (χ2v) is 11.1. The van der Waals surface area contributed by atoms with Gasteiger partial charge in [-0.2, -0.15) is 13.2 Å². The van der Waals surface area contributed by atoms with E-state index >= 15 is 0 Å². The van der Waals surface area contributed by atoms with Crippen molar-refractivity contribution in [3.05, 3.63) is 71.1 Å². The summed E-state index contributed by atoms with van der Waals surface area (Å²) in [7, 11) is 0. The Bertz CT molecular complexity index is 1410. The molecular weight excluding hydrogens is 560 g/mol. The average Bonchev–Trinajstić information content (AvgIpc) is 2.91. The molecule has 10 nitrogen and oxygen atoms in total. The Kier molecular flexibility index (Phi) is 11.2. The zero-order valence-electron chi connectivity index (χ0n) is 23.6. The molecule has 0 unspecified atom stereocenters. The van der Waals surface area contributed by atoms with E-state index in [9.17, 15) is 22.8 Å². The number of benzene rings is 1. The number of nitrogens with zero attached hydrogens (tertiary/aromatic N) is 5. The van der Waals surface area contributed by atoms with Gasteiger partial charge in [0, 0.05) is 42.4 Å². The zero-order valence-corrected chi connectivity index (χ0v) is 23.6. The molecule has 0 bridgehead atoms. The van der Waals surface area contributed by atoms with E-state index in [0.717, 1.165) is 24.6 Å². The van der Waals surface area contributed by atoms with Crippen LogP contribution in [0.25, 0.3) is 0 Å². The summed E-state index contributed by atoms with van der Waals surface area (Å²) in [6, 6.07) is 7.52. The van der Waals surface area contributed by atoms with Crippen molar-refractivity contribution in [3.8, 4) is 0 Å². The number of aryl methyl sites for hydroxylation is 2. The number of rotatable bonds is 8. The first kappa shape index (κ1) is 33.8. The Morgan fingerprint density at radius 3 is 2.28 bits per heavy atom.